The molecule has 1 amide bonds. The van der Waals surface area contributed by atoms with Crippen molar-refractivity contribution in [3.8, 4) is 0 Å². The summed E-state index contributed by atoms with van der Waals surface area (Å²) in [4.78, 5) is 16.3. The molecule has 0 spiro atoms. The van der Waals surface area contributed by atoms with Gasteiger partial charge in [0.2, 0.25) is 15.9 Å². The maximum atomic E-state index is 12.0. The number of rotatable bonds is 6. The number of amides is 1. The van der Waals surface area contributed by atoms with Crippen molar-refractivity contribution in [3.63, 3.8) is 0 Å². The Bertz CT molecular complexity index is 1000. The molecule has 25 heavy (non-hydrogen) atoms. The number of benzene rings is 2. The molecule has 3 aromatic rings. The molecule has 3 N–H and O–H groups in total. The van der Waals surface area contributed by atoms with Crippen LogP contribution in [0.3, 0.4) is 0 Å². The third-order valence-electron chi connectivity index (χ3n) is 3.28. The van der Waals surface area contributed by atoms with Crippen LogP contribution < -0.4 is 10.5 Å². The number of hydrogen-bond acceptors (Lipinski definition) is 6. The molecule has 0 bridgehead atoms. The van der Waals surface area contributed by atoms with Crippen LogP contribution in [0, 0.1) is 0 Å². The van der Waals surface area contributed by atoms with Crippen LogP contribution in [0.15, 0.2) is 53.4 Å². The maximum absolute atomic E-state index is 12.0. The van der Waals surface area contributed by atoms with Gasteiger partial charge in [0, 0.05) is 5.75 Å². The van der Waals surface area contributed by atoms with Gasteiger partial charge >= 0.3 is 0 Å². The zero-order valence-electron chi connectivity index (χ0n) is 13.0. The molecule has 1 aromatic heterocycles. The quantitative estimate of drug-likeness (QED) is 0.670. The summed E-state index contributed by atoms with van der Waals surface area (Å²) < 4.78 is 23.4. The Morgan fingerprint density at radius 1 is 1.20 bits per heavy atom. The van der Waals surface area contributed by atoms with E-state index in [-0.39, 0.29) is 10.8 Å². The summed E-state index contributed by atoms with van der Waals surface area (Å²) in [6, 6.07) is 14.4. The fourth-order valence-corrected chi connectivity index (χ4v) is 4.45. The molecule has 0 saturated carbocycles. The van der Waals surface area contributed by atoms with Crippen molar-refractivity contribution in [2.45, 2.75) is 10.6 Å². The SMILES string of the molecule is NS(=O)(=O)c1ccc2nc(NC(=O)CSCc3ccccc3)sc2c1. The lowest BCUT2D eigenvalue weighted by atomic mass is 10.2. The predicted molar refractivity (Wildman–Crippen MR) is 102 cm³/mol. The zero-order valence-corrected chi connectivity index (χ0v) is 15.5. The lowest BCUT2D eigenvalue weighted by molar-refractivity contribution is -0.113. The van der Waals surface area contributed by atoms with Gasteiger partial charge in [0.05, 0.1) is 20.9 Å². The number of hydrogen-bond donors (Lipinski definition) is 2. The Kier molecular flexibility index (Phi) is 5.38. The largest absolute Gasteiger partial charge is 0.301 e. The number of nitrogens with two attached hydrogens (primary N) is 1. The van der Waals surface area contributed by atoms with Gasteiger partial charge in [0.1, 0.15) is 0 Å². The van der Waals surface area contributed by atoms with E-state index in [1.807, 2.05) is 30.3 Å². The van der Waals surface area contributed by atoms with Gasteiger partial charge < -0.3 is 5.32 Å². The highest BCUT2D eigenvalue weighted by atomic mass is 32.2. The first kappa shape index (κ1) is 17.9. The molecular formula is C16H15N3O3S3. The minimum atomic E-state index is -3.76. The highest BCUT2D eigenvalue weighted by Crippen LogP contribution is 2.28. The number of fused-ring (bicyclic) bond motifs is 1. The van der Waals surface area contributed by atoms with E-state index in [4.69, 9.17) is 5.14 Å². The smallest absolute Gasteiger partial charge is 0.238 e. The van der Waals surface area contributed by atoms with Crippen LogP contribution in [0.4, 0.5) is 5.13 Å². The Hall–Kier alpha value is -1.94. The standard InChI is InChI=1S/C16H15N3O3S3/c17-25(21,22)12-6-7-13-14(8-12)24-16(18-13)19-15(20)10-23-9-11-4-2-1-3-5-11/h1-8H,9-10H2,(H2,17,21,22)(H,18,19,20). The van der Waals surface area contributed by atoms with E-state index in [0.29, 0.717) is 21.1 Å². The van der Waals surface area contributed by atoms with Crippen molar-refractivity contribution in [3.05, 3.63) is 54.1 Å². The van der Waals surface area contributed by atoms with Crippen molar-refractivity contribution < 1.29 is 13.2 Å². The van der Waals surface area contributed by atoms with Crippen molar-refractivity contribution in [1.82, 2.24) is 4.98 Å². The van der Waals surface area contributed by atoms with Gasteiger partial charge in [0.25, 0.3) is 0 Å². The maximum Gasteiger partial charge on any atom is 0.238 e. The molecule has 0 saturated heterocycles. The van der Waals surface area contributed by atoms with Crippen LogP contribution in [0.25, 0.3) is 10.2 Å². The van der Waals surface area contributed by atoms with Gasteiger partial charge in [-0.05, 0) is 23.8 Å². The number of primary sulfonamides is 1. The summed E-state index contributed by atoms with van der Waals surface area (Å²) in [6.45, 7) is 0. The monoisotopic (exact) mass is 393 g/mol. The molecule has 3 rings (SSSR count). The second-order valence-corrected chi connectivity index (χ2v) is 8.80. The molecule has 0 radical (unpaired) electrons. The van der Waals surface area contributed by atoms with Gasteiger partial charge in [-0.3, -0.25) is 4.79 Å². The van der Waals surface area contributed by atoms with E-state index < -0.39 is 10.0 Å². The van der Waals surface area contributed by atoms with Crippen LogP contribution >= 0.6 is 23.1 Å². The summed E-state index contributed by atoms with van der Waals surface area (Å²) in [5, 5.41) is 8.30. The molecule has 1 heterocycles. The molecule has 0 aliphatic heterocycles. The fourth-order valence-electron chi connectivity index (χ4n) is 2.13. The van der Waals surface area contributed by atoms with Crippen LogP contribution in [-0.2, 0) is 20.6 Å². The molecule has 0 fully saturated rings. The van der Waals surface area contributed by atoms with Gasteiger partial charge in [-0.1, -0.05) is 41.7 Å². The molecule has 0 atom stereocenters. The topological polar surface area (TPSA) is 102 Å². The summed E-state index contributed by atoms with van der Waals surface area (Å²) in [5.74, 6) is 0.922. The van der Waals surface area contributed by atoms with Crippen molar-refractivity contribution >= 4 is 54.4 Å². The number of anilines is 1. The molecule has 6 nitrogen and oxygen atoms in total. The molecule has 2 aromatic carbocycles. The third kappa shape index (κ3) is 4.79. The van der Waals surface area contributed by atoms with Gasteiger partial charge in [-0.25, -0.2) is 18.5 Å². The number of sulfonamides is 1. The van der Waals surface area contributed by atoms with Crippen LogP contribution in [0.5, 0.6) is 0 Å². The van der Waals surface area contributed by atoms with Crippen molar-refractivity contribution in [2.75, 3.05) is 11.1 Å². The van der Waals surface area contributed by atoms with Crippen LogP contribution in [-0.4, -0.2) is 25.1 Å². The van der Waals surface area contributed by atoms with Crippen LogP contribution in [0.2, 0.25) is 0 Å². The first-order chi connectivity index (χ1) is 11.9. The molecule has 0 aliphatic carbocycles. The van der Waals surface area contributed by atoms with Gasteiger partial charge in [-0.2, -0.15) is 0 Å². The van der Waals surface area contributed by atoms with Crippen LogP contribution in [0.1, 0.15) is 5.56 Å². The molecular weight excluding hydrogens is 378 g/mol. The number of thioether (sulfide) groups is 1. The van der Waals surface area contributed by atoms with E-state index >= 15 is 0 Å². The Morgan fingerprint density at radius 2 is 1.96 bits per heavy atom. The summed E-state index contributed by atoms with van der Waals surface area (Å²) >= 11 is 2.73. The lowest BCUT2D eigenvalue weighted by Crippen LogP contribution is -2.13. The van der Waals surface area contributed by atoms with E-state index in [1.54, 1.807) is 6.07 Å². The highest BCUT2D eigenvalue weighted by Gasteiger charge is 2.12. The predicted octanol–water partition coefficient (Wildman–Crippen LogP) is 2.82. The van der Waals surface area contributed by atoms with Crippen molar-refractivity contribution in [1.29, 1.82) is 0 Å². The number of thiazole rings is 1. The van der Waals surface area contributed by atoms with Crippen molar-refractivity contribution in [2.24, 2.45) is 5.14 Å². The summed E-state index contributed by atoms with van der Waals surface area (Å²) in [5.41, 5.74) is 1.78. The molecule has 0 unspecified atom stereocenters. The molecule has 0 aliphatic rings. The number of carbonyl (C=O) groups is 1. The second kappa shape index (κ2) is 7.52. The van der Waals surface area contributed by atoms with E-state index in [9.17, 15) is 13.2 Å². The van der Waals surface area contributed by atoms with E-state index in [2.05, 4.69) is 10.3 Å². The summed E-state index contributed by atoms with van der Waals surface area (Å²) in [7, 11) is -3.76. The fraction of sp³-hybridized carbons (Fsp3) is 0.125. The Morgan fingerprint density at radius 3 is 2.68 bits per heavy atom. The number of nitrogens with zero attached hydrogens (tertiary/aromatic N) is 1. The summed E-state index contributed by atoms with van der Waals surface area (Å²) in [6.07, 6.45) is 0. The lowest BCUT2D eigenvalue weighted by Gasteiger charge is -2.02. The second-order valence-electron chi connectivity index (χ2n) is 5.22. The van der Waals surface area contributed by atoms with Gasteiger partial charge in [0.15, 0.2) is 5.13 Å². The first-order valence-electron chi connectivity index (χ1n) is 7.27. The average molecular weight is 394 g/mol. The average Bonchev–Trinajstić information content (AvgIpc) is 2.96. The number of nitrogens with one attached hydrogen (secondary N) is 1. The first-order valence-corrected chi connectivity index (χ1v) is 10.8. The van der Waals surface area contributed by atoms with E-state index in [1.165, 1.54) is 35.2 Å². The third-order valence-corrected chi connectivity index (χ3v) is 6.13. The van der Waals surface area contributed by atoms with Gasteiger partial charge in [-0.15, -0.1) is 11.8 Å². The highest BCUT2D eigenvalue weighted by molar-refractivity contribution is 7.99. The van der Waals surface area contributed by atoms with E-state index in [0.717, 1.165) is 11.3 Å². The normalized spacial score (nSPS) is 11.6. The zero-order chi connectivity index (χ0) is 17.9. The minimum absolute atomic E-state index is 0.0277. The molecule has 130 valence electrons. The number of carbonyl (C=O) groups excluding carboxylic acids is 1. The Balaban J connectivity index is 1.61. The molecule has 9 heteroatoms. The Labute approximate surface area is 153 Å². The number of aromatic nitrogens is 1. The minimum Gasteiger partial charge on any atom is -0.301 e.